The molecule has 0 radical (unpaired) electrons. The van der Waals surface area contributed by atoms with Gasteiger partial charge < -0.3 is 10.6 Å². The summed E-state index contributed by atoms with van der Waals surface area (Å²) in [5, 5.41) is 8.29. The summed E-state index contributed by atoms with van der Waals surface area (Å²) >= 11 is 1.38. The molecule has 100 valence electrons. The van der Waals surface area contributed by atoms with E-state index in [2.05, 4.69) is 20.6 Å². The monoisotopic (exact) mass is 276 g/mol. The molecule has 5 nitrogen and oxygen atoms in total. The number of carbonyl (C=O) groups excluding carboxylic acids is 1. The van der Waals surface area contributed by atoms with E-state index < -0.39 is 0 Å². The van der Waals surface area contributed by atoms with Crippen molar-refractivity contribution in [2.45, 2.75) is 26.8 Å². The van der Waals surface area contributed by atoms with Crippen molar-refractivity contribution in [3.05, 3.63) is 35.0 Å². The number of aryl methyl sites for hydroxylation is 1. The van der Waals surface area contributed by atoms with Gasteiger partial charge in [-0.25, -0.2) is 9.97 Å². The summed E-state index contributed by atoms with van der Waals surface area (Å²) in [5.74, 6) is 0.571. The Hall–Kier alpha value is -1.95. The first kappa shape index (κ1) is 13.5. The maximum Gasteiger partial charge on any atom is 0.271 e. The van der Waals surface area contributed by atoms with Gasteiger partial charge in [-0.1, -0.05) is 6.07 Å². The molecule has 0 saturated heterocycles. The van der Waals surface area contributed by atoms with E-state index in [0.717, 1.165) is 11.5 Å². The summed E-state index contributed by atoms with van der Waals surface area (Å²) < 4.78 is 0. The van der Waals surface area contributed by atoms with Crippen molar-refractivity contribution in [1.82, 2.24) is 15.3 Å². The van der Waals surface area contributed by atoms with Crippen LogP contribution in [-0.4, -0.2) is 21.9 Å². The largest absolute Gasteiger partial charge is 0.349 e. The van der Waals surface area contributed by atoms with Crippen LogP contribution in [0.3, 0.4) is 0 Å². The van der Waals surface area contributed by atoms with Crippen molar-refractivity contribution in [1.29, 1.82) is 0 Å². The van der Waals surface area contributed by atoms with Gasteiger partial charge in [0.1, 0.15) is 11.5 Å². The van der Waals surface area contributed by atoms with Gasteiger partial charge in [0, 0.05) is 17.1 Å². The number of amides is 1. The third-order valence-electron chi connectivity index (χ3n) is 2.28. The molecule has 0 bridgehead atoms. The first-order valence-electron chi connectivity index (χ1n) is 6.01. The first-order chi connectivity index (χ1) is 9.04. The second kappa shape index (κ2) is 5.79. The topological polar surface area (TPSA) is 66.9 Å². The number of hydrogen-bond donors (Lipinski definition) is 2. The molecule has 0 saturated carbocycles. The Morgan fingerprint density at radius 3 is 2.79 bits per heavy atom. The maximum atomic E-state index is 11.8. The number of pyridine rings is 1. The minimum atomic E-state index is -0.156. The fraction of sp³-hybridized carbons (Fsp3) is 0.308. The maximum absolute atomic E-state index is 11.8. The van der Waals surface area contributed by atoms with Crippen molar-refractivity contribution in [2.24, 2.45) is 0 Å². The predicted molar refractivity (Wildman–Crippen MR) is 77.0 cm³/mol. The van der Waals surface area contributed by atoms with Gasteiger partial charge in [0.25, 0.3) is 5.91 Å². The van der Waals surface area contributed by atoms with Crippen LogP contribution in [0.1, 0.15) is 30.0 Å². The molecule has 0 atom stereocenters. The molecule has 0 aliphatic heterocycles. The highest BCUT2D eigenvalue weighted by Gasteiger charge is 2.11. The van der Waals surface area contributed by atoms with Crippen LogP contribution in [0.2, 0.25) is 0 Å². The third-order valence-corrected chi connectivity index (χ3v) is 3.04. The first-order valence-corrected chi connectivity index (χ1v) is 6.89. The summed E-state index contributed by atoms with van der Waals surface area (Å²) in [6.07, 6.45) is 0. The van der Waals surface area contributed by atoms with Crippen molar-refractivity contribution in [2.75, 3.05) is 5.32 Å². The number of anilines is 2. The van der Waals surface area contributed by atoms with Gasteiger partial charge in [0.05, 0.1) is 0 Å². The summed E-state index contributed by atoms with van der Waals surface area (Å²) in [6.45, 7) is 5.76. The van der Waals surface area contributed by atoms with Crippen molar-refractivity contribution in [3.8, 4) is 0 Å². The number of thiazole rings is 1. The van der Waals surface area contributed by atoms with Crippen molar-refractivity contribution >= 4 is 28.2 Å². The second-order valence-corrected chi connectivity index (χ2v) is 5.31. The van der Waals surface area contributed by atoms with Crippen LogP contribution >= 0.6 is 11.3 Å². The average Bonchev–Trinajstić information content (AvgIpc) is 2.76. The van der Waals surface area contributed by atoms with Crippen LogP contribution < -0.4 is 10.6 Å². The Balaban J connectivity index is 2.07. The van der Waals surface area contributed by atoms with Crippen LogP contribution in [0.25, 0.3) is 0 Å². The Morgan fingerprint density at radius 1 is 1.32 bits per heavy atom. The molecule has 0 fully saturated rings. The highest BCUT2D eigenvalue weighted by molar-refractivity contribution is 7.14. The standard InChI is InChI=1S/C13H16N4OS/c1-8(2)14-12(18)10-7-19-13(16-10)17-11-6-4-5-9(3)15-11/h4-8H,1-3H3,(H,14,18)(H,15,16,17). The van der Waals surface area contributed by atoms with Gasteiger partial charge >= 0.3 is 0 Å². The van der Waals surface area contributed by atoms with Gasteiger partial charge in [0.2, 0.25) is 0 Å². The Kier molecular flexibility index (Phi) is 4.11. The molecule has 2 N–H and O–H groups in total. The van der Waals surface area contributed by atoms with E-state index in [1.165, 1.54) is 11.3 Å². The van der Waals surface area contributed by atoms with Gasteiger partial charge in [-0.3, -0.25) is 4.79 Å². The molecule has 2 aromatic rings. The minimum Gasteiger partial charge on any atom is -0.349 e. The second-order valence-electron chi connectivity index (χ2n) is 4.46. The molecule has 2 rings (SSSR count). The fourth-order valence-electron chi connectivity index (χ4n) is 1.49. The smallest absolute Gasteiger partial charge is 0.271 e. The number of hydrogen-bond acceptors (Lipinski definition) is 5. The van der Waals surface area contributed by atoms with E-state index in [0.29, 0.717) is 10.8 Å². The highest BCUT2D eigenvalue weighted by Crippen LogP contribution is 2.19. The molecule has 19 heavy (non-hydrogen) atoms. The third kappa shape index (κ3) is 3.75. The molecule has 6 heteroatoms. The molecule has 0 aliphatic rings. The summed E-state index contributed by atoms with van der Waals surface area (Å²) in [7, 11) is 0. The van der Waals surface area contributed by atoms with Crippen molar-refractivity contribution in [3.63, 3.8) is 0 Å². The zero-order valence-corrected chi connectivity index (χ0v) is 11.9. The summed E-state index contributed by atoms with van der Waals surface area (Å²) in [6, 6.07) is 5.81. The quantitative estimate of drug-likeness (QED) is 0.901. The molecular formula is C13H16N4OS. The number of nitrogens with one attached hydrogen (secondary N) is 2. The number of rotatable bonds is 4. The lowest BCUT2D eigenvalue weighted by Crippen LogP contribution is -2.30. The number of nitrogens with zero attached hydrogens (tertiary/aromatic N) is 2. The number of carbonyl (C=O) groups is 1. The van der Waals surface area contributed by atoms with Gasteiger partial charge in [0.15, 0.2) is 5.13 Å². The number of aromatic nitrogens is 2. The lowest BCUT2D eigenvalue weighted by Gasteiger charge is -2.05. The minimum absolute atomic E-state index is 0.101. The lowest BCUT2D eigenvalue weighted by atomic mass is 10.3. The van der Waals surface area contributed by atoms with Gasteiger partial charge in [-0.2, -0.15) is 0 Å². The highest BCUT2D eigenvalue weighted by atomic mass is 32.1. The van der Waals surface area contributed by atoms with Crippen LogP contribution in [0, 0.1) is 6.92 Å². The molecule has 0 unspecified atom stereocenters. The van der Waals surface area contributed by atoms with E-state index in [9.17, 15) is 4.79 Å². The zero-order valence-electron chi connectivity index (χ0n) is 11.1. The average molecular weight is 276 g/mol. The van der Waals surface area contributed by atoms with Crippen molar-refractivity contribution < 1.29 is 4.79 Å². The molecule has 1 amide bonds. The molecule has 0 aromatic carbocycles. The van der Waals surface area contributed by atoms with Crippen LogP contribution in [-0.2, 0) is 0 Å². The fourth-order valence-corrected chi connectivity index (χ4v) is 2.19. The van der Waals surface area contributed by atoms with Gasteiger partial charge in [-0.15, -0.1) is 11.3 Å². The van der Waals surface area contributed by atoms with E-state index in [1.807, 2.05) is 39.0 Å². The van der Waals surface area contributed by atoms with E-state index in [-0.39, 0.29) is 11.9 Å². The Morgan fingerprint density at radius 2 is 2.11 bits per heavy atom. The molecule has 0 spiro atoms. The van der Waals surface area contributed by atoms with Crippen LogP contribution in [0.15, 0.2) is 23.6 Å². The molecule has 2 aromatic heterocycles. The van der Waals surface area contributed by atoms with Crippen LogP contribution in [0.5, 0.6) is 0 Å². The van der Waals surface area contributed by atoms with E-state index in [4.69, 9.17) is 0 Å². The van der Waals surface area contributed by atoms with Crippen LogP contribution in [0.4, 0.5) is 10.9 Å². The SMILES string of the molecule is Cc1cccc(Nc2nc(C(=O)NC(C)C)cs2)n1. The van der Waals surface area contributed by atoms with Gasteiger partial charge in [-0.05, 0) is 32.9 Å². The zero-order chi connectivity index (χ0) is 13.8. The molecular weight excluding hydrogens is 260 g/mol. The Labute approximate surface area is 116 Å². The molecule has 2 heterocycles. The summed E-state index contributed by atoms with van der Waals surface area (Å²) in [4.78, 5) is 20.3. The van der Waals surface area contributed by atoms with E-state index >= 15 is 0 Å². The molecule has 0 aliphatic carbocycles. The Bertz CT molecular complexity index is 580. The lowest BCUT2D eigenvalue weighted by molar-refractivity contribution is 0.0939. The predicted octanol–water partition coefficient (Wildman–Crippen LogP) is 2.73. The van der Waals surface area contributed by atoms with E-state index in [1.54, 1.807) is 5.38 Å². The summed E-state index contributed by atoms with van der Waals surface area (Å²) in [5.41, 5.74) is 1.35. The normalized spacial score (nSPS) is 10.5.